The van der Waals surface area contributed by atoms with E-state index in [0.29, 0.717) is 0 Å². The van der Waals surface area contributed by atoms with Crippen LogP contribution in [0.4, 0.5) is 0 Å². The van der Waals surface area contributed by atoms with Crippen LogP contribution in [0.3, 0.4) is 0 Å². The summed E-state index contributed by atoms with van der Waals surface area (Å²) in [5, 5.41) is 4.46. The molecule has 3 heteroatoms. The van der Waals surface area contributed by atoms with Crippen LogP contribution in [0.1, 0.15) is 11.1 Å². The Hall–Kier alpha value is -1.87. The first-order chi connectivity index (χ1) is 10.0. The summed E-state index contributed by atoms with van der Waals surface area (Å²) in [6, 6.07) is 20.9. The first-order valence-electron chi connectivity index (χ1n) is 7.35. The zero-order valence-electron chi connectivity index (χ0n) is 13.0. The molecule has 0 N–H and O–H groups in total. The third-order valence-corrected chi connectivity index (χ3v) is 3.59. The summed E-state index contributed by atoms with van der Waals surface area (Å²) < 4.78 is 5.76. The Morgan fingerprint density at radius 2 is 1.24 bits per heavy atom. The fourth-order valence-electron chi connectivity index (χ4n) is 1.99. The average molecular weight is 297 g/mol. The maximum absolute atomic E-state index is 5.76. The Kier molecular flexibility index (Phi) is 5.34. The minimum Gasteiger partial charge on any atom is -0.456 e. The van der Waals surface area contributed by atoms with Crippen LogP contribution in [0.5, 0.6) is 0 Å². The third-order valence-electron chi connectivity index (χ3n) is 2.95. The van der Waals surface area contributed by atoms with Crippen molar-refractivity contribution in [2.75, 3.05) is 0 Å². The molecule has 0 aliphatic rings. The van der Waals surface area contributed by atoms with Crippen LogP contribution in [-0.4, -0.2) is 14.0 Å². The summed E-state index contributed by atoms with van der Waals surface area (Å²) in [5.41, 5.74) is 3.62. The van der Waals surface area contributed by atoms with Crippen molar-refractivity contribution in [1.82, 2.24) is 0 Å². The first kappa shape index (κ1) is 15.5. The monoisotopic (exact) mass is 297 g/mol. The van der Waals surface area contributed by atoms with Gasteiger partial charge in [-0.1, -0.05) is 60.7 Å². The Labute approximate surface area is 128 Å². The Balaban J connectivity index is 2.14. The van der Waals surface area contributed by atoms with Gasteiger partial charge in [-0.05, 0) is 30.8 Å². The molecule has 0 saturated heterocycles. The third kappa shape index (κ3) is 5.96. The lowest BCUT2D eigenvalue weighted by Crippen LogP contribution is -2.23. The molecule has 0 amide bonds. The van der Waals surface area contributed by atoms with Crippen LogP contribution in [0, 0.1) is 0 Å². The van der Waals surface area contributed by atoms with Gasteiger partial charge in [-0.2, -0.15) is 0 Å². The molecular weight excluding hydrogens is 274 g/mol. The minimum atomic E-state index is -1.64. The maximum atomic E-state index is 5.76. The highest BCUT2D eigenvalue weighted by Gasteiger charge is 2.16. The van der Waals surface area contributed by atoms with Gasteiger partial charge in [-0.15, -0.1) is 5.16 Å². The molecule has 0 saturated carbocycles. The number of benzene rings is 2. The summed E-state index contributed by atoms with van der Waals surface area (Å²) in [5.74, 6) is 0. The second-order valence-corrected chi connectivity index (χ2v) is 10.6. The van der Waals surface area contributed by atoms with Crippen molar-refractivity contribution in [2.24, 2.45) is 5.16 Å². The van der Waals surface area contributed by atoms with Gasteiger partial charge in [0.1, 0.15) is 0 Å². The second kappa shape index (κ2) is 7.23. The predicted molar refractivity (Wildman–Crippen MR) is 92.2 cm³/mol. The number of nitrogens with zero attached hydrogens (tertiary/aromatic N) is 1. The van der Waals surface area contributed by atoms with E-state index in [4.69, 9.17) is 4.53 Å². The van der Waals surface area contributed by atoms with Gasteiger partial charge in [-0.25, -0.2) is 0 Å². The van der Waals surface area contributed by atoms with Gasteiger partial charge in [-0.3, -0.25) is 0 Å². The van der Waals surface area contributed by atoms with Crippen LogP contribution in [0.25, 0.3) is 0 Å². The van der Waals surface area contributed by atoms with Crippen LogP contribution >= 0.6 is 0 Å². The number of hydrogen-bond donors (Lipinski definition) is 0. The molecule has 0 unspecified atom stereocenters. The van der Waals surface area contributed by atoms with Crippen LogP contribution < -0.4 is 0 Å². The van der Waals surface area contributed by atoms with Gasteiger partial charge < -0.3 is 4.53 Å². The molecule has 2 rings (SSSR count). The fraction of sp³-hybridized carbons (Fsp3) is 0.278. The van der Waals surface area contributed by atoms with Gasteiger partial charge in [0.15, 0.2) is 0 Å². The van der Waals surface area contributed by atoms with Gasteiger partial charge in [0, 0.05) is 12.8 Å². The molecule has 0 fully saturated rings. The maximum Gasteiger partial charge on any atom is 0.278 e. The van der Waals surface area contributed by atoms with E-state index in [1.807, 2.05) is 12.1 Å². The van der Waals surface area contributed by atoms with Crippen molar-refractivity contribution in [2.45, 2.75) is 32.5 Å². The van der Waals surface area contributed by atoms with Crippen molar-refractivity contribution in [3.63, 3.8) is 0 Å². The van der Waals surface area contributed by atoms with Gasteiger partial charge in [0.25, 0.3) is 8.32 Å². The summed E-state index contributed by atoms with van der Waals surface area (Å²) in [4.78, 5) is 0. The molecule has 110 valence electrons. The molecule has 0 heterocycles. The van der Waals surface area contributed by atoms with E-state index in [1.165, 1.54) is 11.1 Å². The van der Waals surface area contributed by atoms with E-state index < -0.39 is 8.32 Å². The highest BCUT2D eigenvalue weighted by Crippen LogP contribution is 2.10. The van der Waals surface area contributed by atoms with Crippen LogP contribution in [0.15, 0.2) is 65.8 Å². The Morgan fingerprint density at radius 1 is 0.810 bits per heavy atom. The minimum absolute atomic E-state index is 0.834. The van der Waals surface area contributed by atoms with Crippen molar-refractivity contribution >= 4 is 14.0 Å². The molecule has 2 aromatic rings. The fourth-order valence-corrected chi connectivity index (χ4v) is 2.39. The molecule has 0 bridgehead atoms. The molecule has 0 radical (unpaired) electrons. The van der Waals surface area contributed by atoms with E-state index in [2.05, 4.69) is 73.3 Å². The largest absolute Gasteiger partial charge is 0.456 e. The summed E-state index contributed by atoms with van der Waals surface area (Å²) in [6.45, 7) is 6.46. The van der Waals surface area contributed by atoms with Crippen LogP contribution in [0.2, 0.25) is 19.6 Å². The smallest absolute Gasteiger partial charge is 0.278 e. The number of oxime groups is 1. The molecule has 0 aliphatic carbocycles. The van der Waals surface area contributed by atoms with E-state index in [-0.39, 0.29) is 0 Å². The van der Waals surface area contributed by atoms with Crippen LogP contribution in [-0.2, 0) is 17.4 Å². The Morgan fingerprint density at radius 3 is 1.62 bits per heavy atom. The van der Waals surface area contributed by atoms with Gasteiger partial charge in [0.05, 0.1) is 5.71 Å². The summed E-state index contributed by atoms with van der Waals surface area (Å²) in [7, 11) is -1.64. The zero-order chi connectivity index (χ0) is 15.1. The van der Waals surface area contributed by atoms with E-state index in [9.17, 15) is 0 Å². The van der Waals surface area contributed by atoms with E-state index >= 15 is 0 Å². The number of hydrogen-bond acceptors (Lipinski definition) is 2. The molecule has 21 heavy (non-hydrogen) atoms. The van der Waals surface area contributed by atoms with Crippen molar-refractivity contribution < 1.29 is 4.53 Å². The highest BCUT2D eigenvalue weighted by molar-refractivity contribution is 6.69. The van der Waals surface area contributed by atoms with E-state index in [1.54, 1.807) is 0 Å². The topological polar surface area (TPSA) is 21.6 Å². The summed E-state index contributed by atoms with van der Waals surface area (Å²) >= 11 is 0. The number of rotatable bonds is 6. The predicted octanol–water partition coefficient (Wildman–Crippen LogP) is 4.68. The lowest BCUT2D eigenvalue weighted by molar-refractivity contribution is 0.333. The van der Waals surface area contributed by atoms with Crippen molar-refractivity contribution in [1.29, 1.82) is 0 Å². The quantitative estimate of drug-likeness (QED) is 0.431. The molecule has 2 aromatic carbocycles. The van der Waals surface area contributed by atoms with Gasteiger partial charge in [0.2, 0.25) is 0 Å². The lowest BCUT2D eigenvalue weighted by Gasteiger charge is -2.15. The van der Waals surface area contributed by atoms with Crippen molar-refractivity contribution in [3.05, 3.63) is 71.8 Å². The zero-order valence-corrected chi connectivity index (χ0v) is 14.0. The Bertz CT molecular complexity index is 530. The van der Waals surface area contributed by atoms with E-state index in [0.717, 1.165) is 18.6 Å². The molecule has 0 aliphatic heterocycles. The SMILES string of the molecule is C[Si](C)(C)ON=C(Cc1ccccc1)Cc1ccccc1. The lowest BCUT2D eigenvalue weighted by atomic mass is 10.0. The van der Waals surface area contributed by atoms with Crippen molar-refractivity contribution in [3.8, 4) is 0 Å². The molecule has 0 spiro atoms. The highest BCUT2D eigenvalue weighted by atomic mass is 28.4. The normalized spacial score (nSPS) is 11.0. The molecule has 0 atom stereocenters. The molecular formula is C18H23NOSi. The standard InChI is InChI=1S/C18H23NOSi/c1-21(2,3)20-19-18(14-16-10-6-4-7-11-16)15-17-12-8-5-9-13-17/h4-13H,14-15H2,1-3H3. The molecule has 0 aromatic heterocycles. The summed E-state index contributed by atoms with van der Waals surface area (Å²) in [6.07, 6.45) is 1.67. The first-order valence-corrected chi connectivity index (χ1v) is 10.8. The average Bonchev–Trinajstić information content (AvgIpc) is 2.46. The molecule has 2 nitrogen and oxygen atoms in total. The second-order valence-electron chi connectivity index (χ2n) is 6.19. The van der Waals surface area contributed by atoms with Gasteiger partial charge >= 0.3 is 0 Å².